The highest BCUT2D eigenvalue weighted by Gasteiger charge is 2.38. The summed E-state index contributed by atoms with van der Waals surface area (Å²) in [7, 11) is 0. The zero-order valence-electron chi connectivity index (χ0n) is 11.9. The van der Waals surface area contributed by atoms with Crippen LogP contribution < -0.4 is 10.2 Å². The molecule has 2 N–H and O–H groups in total. The van der Waals surface area contributed by atoms with Crippen LogP contribution in [-0.2, 0) is 4.79 Å². The number of urea groups is 1. The zero-order chi connectivity index (χ0) is 15.4. The normalized spacial score (nSPS) is 19.9. The molecular formula is C15H19ClN2O3. The van der Waals surface area contributed by atoms with Crippen molar-refractivity contribution in [3.05, 3.63) is 29.3 Å². The van der Waals surface area contributed by atoms with Gasteiger partial charge < -0.3 is 10.4 Å². The topological polar surface area (TPSA) is 69.6 Å². The molecule has 0 bridgehead atoms. The molecule has 2 unspecified atom stereocenters. The Morgan fingerprint density at radius 2 is 2.05 bits per heavy atom. The van der Waals surface area contributed by atoms with Gasteiger partial charge in [0.05, 0.1) is 0 Å². The van der Waals surface area contributed by atoms with Gasteiger partial charge in [0.1, 0.15) is 6.54 Å². The molecule has 1 aliphatic carbocycles. The molecule has 6 heteroatoms. The number of rotatable bonds is 6. The van der Waals surface area contributed by atoms with Crippen LogP contribution in [0.15, 0.2) is 24.3 Å². The lowest BCUT2D eigenvalue weighted by molar-refractivity contribution is -0.135. The molecule has 1 aromatic rings. The van der Waals surface area contributed by atoms with Crippen LogP contribution in [0.4, 0.5) is 10.5 Å². The Balaban J connectivity index is 2.03. The molecule has 0 aliphatic heterocycles. The number of carboxylic acid groups (broad SMARTS) is 1. The van der Waals surface area contributed by atoms with E-state index in [4.69, 9.17) is 16.7 Å². The predicted octanol–water partition coefficient (Wildman–Crippen LogP) is 3.13. The highest BCUT2D eigenvalue weighted by atomic mass is 35.5. The molecule has 0 heterocycles. The first-order valence-corrected chi connectivity index (χ1v) is 7.44. The number of benzene rings is 1. The zero-order valence-corrected chi connectivity index (χ0v) is 12.6. The number of amides is 2. The number of anilines is 1. The molecular weight excluding hydrogens is 292 g/mol. The molecule has 2 atom stereocenters. The minimum absolute atomic E-state index is 0.168. The molecule has 114 valence electrons. The Labute approximate surface area is 128 Å². The molecule has 0 aromatic heterocycles. The fraction of sp³-hybridized carbons (Fsp3) is 0.467. The van der Waals surface area contributed by atoms with E-state index in [2.05, 4.69) is 12.2 Å². The third-order valence-corrected chi connectivity index (χ3v) is 3.82. The molecule has 0 radical (unpaired) electrons. The molecule has 1 aliphatic rings. The second-order valence-electron chi connectivity index (χ2n) is 5.30. The van der Waals surface area contributed by atoms with Crippen molar-refractivity contribution in [1.82, 2.24) is 5.32 Å². The monoisotopic (exact) mass is 310 g/mol. The average molecular weight is 311 g/mol. The van der Waals surface area contributed by atoms with Crippen LogP contribution >= 0.6 is 11.6 Å². The molecule has 0 spiro atoms. The van der Waals surface area contributed by atoms with Gasteiger partial charge in [0.15, 0.2) is 0 Å². The smallest absolute Gasteiger partial charge is 0.323 e. The number of carboxylic acids is 1. The minimum Gasteiger partial charge on any atom is -0.480 e. The van der Waals surface area contributed by atoms with E-state index in [1.807, 2.05) is 0 Å². The van der Waals surface area contributed by atoms with Gasteiger partial charge in [0.25, 0.3) is 0 Å². The van der Waals surface area contributed by atoms with E-state index in [1.54, 1.807) is 24.3 Å². The fourth-order valence-corrected chi connectivity index (χ4v) is 2.51. The SMILES string of the molecule is CCCC1CC1NC(=O)N(CC(=O)O)c1ccc(Cl)cc1. The Morgan fingerprint density at radius 1 is 1.38 bits per heavy atom. The number of aliphatic carboxylic acids is 1. The van der Waals surface area contributed by atoms with Crippen LogP contribution in [-0.4, -0.2) is 29.7 Å². The summed E-state index contributed by atoms with van der Waals surface area (Å²) in [5.41, 5.74) is 0.520. The van der Waals surface area contributed by atoms with Gasteiger partial charge in [0.2, 0.25) is 0 Å². The molecule has 2 amide bonds. The second kappa shape index (κ2) is 6.80. The summed E-state index contributed by atoms with van der Waals surface area (Å²) in [5, 5.41) is 12.4. The van der Waals surface area contributed by atoms with Crippen molar-refractivity contribution in [3.63, 3.8) is 0 Å². The predicted molar refractivity (Wildman–Crippen MR) is 81.8 cm³/mol. The van der Waals surface area contributed by atoms with Crippen LogP contribution in [0, 0.1) is 5.92 Å². The maximum atomic E-state index is 12.3. The van der Waals surface area contributed by atoms with Gasteiger partial charge in [-0.15, -0.1) is 0 Å². The summed E-state index contributed by atoms with van der Waals surface area (Å²) in [6, 6.07) is 6.35. The number of nitrogens with zero attached hydrogens (tertiary/aromatic N) is 1. The van der Waals surface area contributed by atoms with Crippen LogP contribution in [0.1, 0.15) is 26.2 Å². The molecule has 1 saturated carbocycles. The molecule has 5 nitrogen and oxygen atoms in total. The van der Waals surface area contributed by atoms with Crippen molar-refractivity contribution in [1.29, 1.82) is 0 Å². The van der Waals surface area contributed by atoms with E-state index >= 15 is 0 Å². The Bertz CT molecular complexity index is 518. The van der Waals surface area contributed by atoms with Crippen molar-refractivity contribution < 1.29 is 14.7 Å². The Kier molecular flexibility index (Phi) is 5.07. The number of nitrogens with one attached hydrogen (secondary N) is 1. The van der Waals surface area contributed by atoms with Gasteiger partial charge in [-0.1, -0.05) is 24.9 Å². The average Bonchev–Trinajstić information content (AvgIpc) is 3.15. The van der Waals surface area contributed by atoms with Gasteiger partial charge in [-0.2, -0.15) is 0 Å². The Morgan fingerprint density at radius 3 is 2.62 bits per heavy atom. The van der Waals surface area contributed by atoms with Crippen molar-refractivity contribution >= 4 is 29.3 Å². The van der Waals surface area contributed by atoms with E-state index in [-0.39, 0.29) is 18.6 Å². The van der Waals surface area contributed by atoms with Crippen LogP contribution in [0.3, 0.4) is 0 Å². The molecule has 1 fully saturated rings. The quantitative estimate of drug-likeness (QED) is 0.848. The van der Waals surface area contributed by atoms with E-state index < -0.39 is 5.97 Å². The summed E-state index contributed by atoms with van der Waals surface area (Å²) in [5.74, 6) is -0.531. The highest BCUT2D eigenvalue weighted by Crippen LogP contribution is 2.34. The van der Waals surface area contributed by atoms with Crippen LogP contribution in [0.5, 0.6) is 0 Å². The first kappa shape index (κ1) is 15.6. The van der Waals surface area contributed by atoms with Gasteiger partial charge in [-0.25, -0.2) is 4.79 Å². The molecule has 2 rings (SSSR count). The molecule has 21 heavy (non-hydrogen) atoms. The van der Waals surface area contributed by atoms with E-state index in [9.17, 15) is 9.59 Å². The largest absolute Gasteiger partial charge is 0.480 e. The maximum Gasteiger partial charge on any atom is 0.323 e. The summed E-state index contributed by atoms with van der Waals surface area (Å²) < 4.78 is 0. The number of carbonyl (C=O) groups is 2. The lowest BCUT2D eigenvalue weighted by Crippen LogP contribution is -2.44. The second-order valence-corrected chi connectivity index (χ2v) is 5.73. The standard InChI is InChI=1S/C15H19ClN2O3/c1-2-3-10-8-13(10)17-15(21)18(9-14(19)20)12-6-4-11(16)5-7-12/h4-7,10,13H,2-3,8-9H2,1H3,(H,17,21)(H,19,20). The molecule has 0 saturated heterocycles. The van der Waals surface area contributed by atoms with E-state index in [1.165, 1.54) is 4.90 Å². The number of halogens is 1. The number of carbonyl (C=O) groups excluding carboxylic acids is 1. The third kappa shape index (κ3) is 4.36. The van der Waals surface area contributed by atoms with Crippen LogP contribution in [0.25, 0.3) is 0 Å². The number of hydrogen-bond donors (Lipinski definition) is 2. The third-order valence-electron chi connectivity index (χ3n) is 3.57. The van der Waals surface area contributed by atoms with Crippen LogP contribution in [0.2, 0.25) is 5.02 Å². The van der Waals surface area contributed by atoms with Gasteiger partial charge in [0, 0.05) is 16.8 Å². The lowest BCUT2D eigenvalue weighted by Gasteiger charge is -2.21. The summed E-state index contributed by atoms with van der Waals surface area (Å²) in [6.45, 7) is 1.74. The van der Waals surface area contributed by atoms with E-state index in [0.717, 1.165) is 19.3 Å². The fourth-order valence-electron chi connectivity index (χ4n) is 2.39. The number of hydrogen-bond acceptors (Lipinski definition) is 2. The van der Waals surface area contributed by atoms with Gasteiger partial charge in [-0.05, 0) is 43.0 Å². The minimum atomic E-state index is -1.05. The lowest BCUT2D eigenvalue weighted by atomic mass is 10.2. The summed E-state index contributed by atoms with van der Waals surface area (Å²) >= 11 is 5.81. The van der Waals surface area contributed by atoms with Crippen molar-refractivity contribution in [2.75, 3.05) is 11.4 Å². The molecule has 1 aromatic carbocycles. The van der Waals surface area contributed by atoms with Crippen molar-refractivity contribution in [3.8, 4) is 0 Å². The van der Waals surface area contributed by atoms with Gasteiger partial charge in [-0.3, -0.25) is 9.69 Å². The summed E-state index contributed by atoms with van der Waals surface area (Å²) in [6.07, 6.45) is 3.15. The van der Waals surface area contributed by atoms with Crippen molar-refractivity contribution in [2.24, 2.45) is 5.92 Å². The Hall–Kier alpha value is -1.75. The highest BCUT2D eigenvalue weighted by molar-refractivity contribution is 6.30. The maximum absolute atomic E-state index is 12.3. The van der Waals surface area contributed by atoms with Crippen molar-refractivity contribution in [2.45, 2.75) is 32.2 Å². The van der Waals surface area contributed by atoms with Gasteiger partial charge >= 0.3 is 12.0 Å². The summed E-state index contributed by atoms with van der Waals surface area (Å²) in [4.78, 5) is 24.5. The van der Waals surface area contributed by atoms with E-state index in [0.29, 0.717) is 16.6 Å². The first-order chi connectivity index (χ1) is 10.0. The first-order valence-electron chi connectivity index (χ1n) is 7.06.